The Balaban J connectivity index is 1.79. The molecule has 2 rings (SSSR count). The zero-order valence-electron chi connectivity index (χ0n) is 11.0. The monoisotopic (exact) mass is 268 g/mol. The first-order valence-electron chi connectivity index (χ1n) is 6.47. The molecule has 3 nitrogen and oxygen atoms in total. The van der Waals surface area contributed by atoms with Crippen LogP contribution in [-0.4, -0.2) is 37.0 Å². The van der Waals surface area contributed by atoms with Crippen molar-refractivity contribution >= 4 is 5.91 Å². The molecule has 0 atom stereocenters. The van der Waals surface area contributed by atoms with Crippen LogP contribution in [0.25, 0.3) is 0 Å². The van der Waals surface area contributed by atoms with Crippen molar-refractivity contribution in [3.63, 3.8) is 0 Å². The van der Waals surface area contributed by atoms with Gasteiger partial charge in [-0.1, -0.05) is 0 Å². The van der Waals surface area contributed by atoms with Crippen LogP contribution in [0.3, 0.4) is 0 Å². The average molecular weight is 268 g/mol. The molecule has 0 saturated heterocycles. The van der Waals surface area contributed by atoms with Gasteiger partial charge in [0.25, 0.3) is 0 Å². The van der Waals surface area contributed by atoms with E-state index in [1.807, 2.05) is 0 Å². The lowest BCUT2D eigenvalue weighted by Gasteiger charge is -2.17. The summed E-state index contributed by atoms with van der Waals surface area (Å²) in [4.78, 5) is 13.3. The number of amides is 1. The first kappa shape index (κ1) is 13.9. The smallest absolute Gasteiger partial charge is 0.236 e. The maximum atomic E-state index is 13.4. The third kappa shape index (κ3) is 4.28. The van der Waals surface area contributed by atoms with Crippen molar-refractivity contribution in [3.8, 4) is 0 Å². The summed E-state index contributed by atoms with van der Waals surface area (Å²) in [6.07, 6.45) is 2.58. The first-order valence-corrected chi connectivity index (χ1v) is 6.47. The molecule has 1 amide bonds. The second kappa shape index (κ2) is 6.10. The van der Waals surface area contributed by atoms with Gasteiger partial charge in [-0.05, 0) is 43.0 Å². The lowest BCUT2D eigenvalue weighted by molar-refractivity contribution is -0.128. The minimum atomic E-state index is -0.458. The molecule has 1 saturated carbocycles. The van der Waals surface area contributed by atoms with Gasteiger partial charge in [-0.2, -0.15) is 0 Å². The van der Waals surface area contributed by atoms with Crippen LogP contribution in [0.4, 0.5) is 8.78 Å². The molecule has 19 heavy (non-hydrogen) atoms. The second-order valence-corrected chi connectivity index (χ2v) is 4.96. The minimum absolute atomic E-state index is 0.0243. The summed E-state index contributed by atoms with van der Waals surface area (Å²) in [6, 6.07) is 3.86. The van der Waals surface area contributed by atoms with Crippen molar-refractivity contribution in [1.29, 1.82) is 0 Å². The summed E-state index contributed by atoms with van der Waals surface area (Å²) < 4.78 is 26.4. The summed E-state index contributed by atoms with van der Waals surface area (Å²) in [6.45, 7) is 0.693. The molecule has 0 radical (unpaired) electrons. The number of rotatable bonds is 6. The van der Waals surface area contributed by atoms with Crippen LogP contribution in [0.5, 0.6) is 0 Å². The predicted molar refractivity (Wildman–Crippen MR) is 68.7 cm³/mol. The van der Waals surface area contributed by atoms with Gasteiger partial charge >= 0.3 is 0 Å². The Bertz CT molecular complexity index is 461. The highest BCUT2D eigenvalue weighted by Crippen LogP contribution is 2.18. The normalized spacial score (nSPS) is 14.5. The van der Waals surface area contributed by atoms with Crippen LogP contribution in [-0.2, 0) is 11.2 Å². The fraction of sp³-hybridized carbons (Fsp3) is 0.500. The van der Waals surface area contributed by atoms with Gasteiger partial charge in [0.1, 0.15) is 11.6 Å². The van der Waals surface area contributed by atoms with E-state index in [-0.39, 0.29) is 5.91 Å². The Morgan fingerprint density at radius 2 is 2.16 bits per heavy atom. The highest BCUT2D eigenvalue weighted by atomic mass is 19.1. The Morgan fingerprint density at radius 3 is 2.84 bits per heavy atom. The highest BCUT2D eigenvalue weighted by molar-refractivity contribution is 5.78. The number of carbonyl (C=O) groups is 1. The number of hydrogen-bond donors (Lipinski definition) is 1. The highest BCUT2D eigenvalue weighted by Gasteiger charge is 2.22. The van der Waals surface area contributed by atoms with E-state index in [1.165, 1.54) is 6.07 Å². The molecule has 104 valence electrons. The lowest BCUT2D eigenvalue weighted by Crippen LogP contribution is -2.37. The molecular formula is C14H18F2N2O. The second-order valence-electron chi connectivity index (χ2n) is 4.96. The molecule has 1 aliphatic rings. The van der Waals surface area contributed by atoms with Gasteiger partial charge in [-0.25, -0.2) is 8.78 Å². The molecular weight excluding hydrogens is 250 g/mol. The van der Waals surface area contributed by atoms with E-state index in [4.69, 9.17) is 0 Å². The Labute approximate surface area is 111 Å². The van der Waals surface area contributed by atoms with Crippen molar-refractivity contribution < 1.29 is 13.6 Å². The molecule has 1 aromatic rings. The number of carbonyl (C=O) groups excluding carboxylic acids is 1. The maximum absolute atomic E-state index is 13.4. The van der Waals surface area contributed by atoms with Crippen LogP contribution in [0.1, 0.15) is 18.4 Å². The van der Waals surface area contributed by atoms with E-state index in [2.05, 4.69) is 5.32 Å². The number of likely N-dealkylation sites (N-methyl/N-ethyl adjacent to an activating group) is 1. The third-order valence-electron chi connectivity index (χ3n) is 3.27. The SMILES string of the molecule is CN(CCc1cc(F)ccc1F)C(=O)CNC1CC1. The van der Waals surface area contributed by atoms with E-state index in [0.717, 1.165) is 25.0 Å². The standard InChI is InChI=1S/C14H18F2N2O/c1-18(14(19)9-17-12-3-4-12)7-6-10-8-11(15)2-5-13(10)16/h2,5,8,12,17H,3-4,6-7,9H2,1H3. The molecule has 0 heterocycles. The van der Waals surface area contributed by atoms with E-state index >= 15 is 0 Å². The largest absolute Gasteiger partial charge is 0.344 e. The van der Waals surface area contributed by atoms with Crippen LogP contribution in [0.2, 0.25) is 0 Å². The number of nitrogens with zero attached hydrogens (tertiary/aromatic N) is 1. The van der Waals surface area contributed by atoms with Gasteiger partial charge in [0.05, 0.1) is 6.54 Å². The van der Waals surface area contributed by atoms with Crippen molar-refractivity contribution in [2.75, 3.05) is 20.1 Å². The zero-order valence-corrected chi connectivity index (χ0v) is 11.0. The van der Waals surface area contributed by atoms with E-state index < -0.39 is 11.6 Å². The van der Waals surface area contributed by atoms with Crippen molar-refractivity contribution in [3.05, 3.63) is 35.4 Å². The fourth-order valence-corrected chi connectivity index (χ4v) is 1.80. The van der Waals surface area contributed by atoms with E-state index in [0.29, 0.717) is 31.1 Å². The summed E-state index contributed by atoms with van der Waals surface area (Å²) in [5.41, 5.74) is 0.301. The molecule has 0 unspecified atom stereocenters. The van der Waals surface area contributed by atoms with Crippen LogP contribution < -0.4 is 5.32 Å². The topological polar surface area (TPSA) is 32.3 Å². The number of benzene rings is 1. The summed E-state index contributed by atoms with van der Waals surface area (Å²) >= 11 is 0. The molecule has 0 bridgehead atoms. The van der Waals surface area contributed by atoms with Gasteiger partial charge in [0.2, 0.25) is 5.91 Å². The van der Waals surface area contributed by atoms with Gasteiger partial charge in [-0.15, -0.1) is 0 Å². The zero-order chi connectivity index (χ0) is 13.8. The molecule has 0 aromatic heterocycles. The number of halogens is 2. The van der Waals surface area contributed by atoms with Crippen molar-refractivity contribution in [2.45, 2.75) is 25.3 Å². The molecule has 1 aromatic carbocycles. The van der Waals surface area contributed by atoms with E-state index in [1.54, 1.807) is 11.9 Å². The van der Waals surface area contributed by atoms with Gasteiger partial charge in [-0.3, -0.25) is 4.79 Å². The van der Waals surface area contributed by atoms with Crippen LogP contribution >= 0.6 is 0 Å². The minimum Gasteiger partial charge on any atom is -0.344 e. The predicted octanol–water partition coefficient (Wildman–Crippen LogP) is 1.72. The molecule has 1 aliphatic carbocycles. The molecule has 5 heteroatoms. The van der Waals surface area contributed by atoms with Crippen molar-refractivity contribution in [2.24, 2.45) is 0 Å². The van der Waals surface area contributed by atoms with Crippen LogP contribution in [0.15, 0.2) is 18.2 Å². The molecule has 1 fully saturated rings. The molecule has 0 aliphatic heterocycles. The van der Waals surface area contributed by atoms with Crippen molar-refractivity contribution in [1.82, 2.24) is 10.2 Å². The Morgan fingerprint density at radius 1 is 1.42 bits per heavy atom. The van der Waals surface area contributed by atoms with E-state index in [9.17, 15) is 13.6 Å². The molecule has 0 spiro atoms. The van der Waals surface area contributed by atoms with Crippen LogP contribution in [0, 0.1) is 11.6 Å². The maximum Gasteiger partial charge on any atom is 0.236 e. The first-order chi connectivity index (χ1) is 9.06. The molecule has 1 N–H and O–H groups in total. The summed E-state index contributed by atoms with van der Waals surface area (Å²) in [7, 11) is 1.67. The quantitative estimate of drug-likeness (QED) is 0.852. The Hall–Kier alpha value is -1.49. The summed E-state index contributed by atoms with van der Waals surface area (Å²) in [5, 5.41) is 3.13. The number of nitrogens with one attached hydrogen (secondary N) is 1. The fourth-order valence-electron chi connectivity index (χ4n) is 1.80. The average Bonchev–Trinajstić information content (AvgIpc) is 3.20. The van der Waals surface area contributed by atoms with Gasteiger partial charge < -0.3 is 10.2 Å². The number of hydrogen-bond acceptors (Lipinski definition) is 2. The Kier molecular flexibility index (Phi) is 4.47. The third-order valence-corrected chi connectivity index (χ3v) is 3.27. The summed E-state index contributed by atoms with van der Waals surface area (Å²) in [5.74, 6) is -0.914. The lowest BCUT2D eigenvalue weighted by atomic mass is 10.1. The van der Waals surface area contributed by atoms with Gasteiger partial charge in [0.15, 0.2) is 0 Å². The van der Waals surface area contributed by atoms with Gasteiger partial charge in [0, 0.05) is 19.6 Å².